The van der Waals surface area contributed by atoms with Crippen LogP contribution in [0.4, 0.5) is 0 Å². The molecule has 35 heavy (non-hydrogen) atoms. The highest BCUT2D eigenvalue weighted by Crippen LogP contribution is 2.34. The van der Waals surface area contributed by atoms with Crippen LogP contribution in [0.25, 0.3) is 56.1 Å². The molecule has 0 radical (unpaired) electrons. The standard InChI is InChI=1S/C31H20BrN3/c32-26-19-24(28-17-9-15-21-10-7-8-16-27(21)28)18-25(20-26)31-34-29(22-11-3-1-4-12-22)33-30(35-31)23-13-5-2-6-14-23/h1-20H. The van der Waals surface area contributed by atoms with Crippen molar-refractivity contribution < 1.29 is 0 Å². The van der Waals surface area contributed by atoms with Crippen molar-refractivity contribution in [3.8, 4) is 45.3 Å². The Bertz CT molecular complexity index is 1580. The predicted octanol–water partition coefficient (Wildman–Crippen LogP) is 8.46. The lowest BCUT2D eigenvalue weighted by Crippen LogP contribution is -2.00. The molecule has 4 heteroatoms. The van der Waals surface area contributed by atoms with Crippen LogP contribution < -0.4 is 0 Å². The van der Waals surface area contributed by atoms with Crippen molar-refractivity contribution in [3.63, 3.8) is 0 Å². The minimum absolute atomic E-state index is 0.639. The average Bonchev–Trinajstić information content (AvgIpc) is 2.93. The van der Waals surface area contributed by atoms with Crippen LogP contribution in [0.5, 0.6) is 0 Å². The summed E-state index contributed by atoms with van der Waals surface area (Å²) in [6.07, 6.45) is 0. The molecule has 0 saturated heterocycles. The normalized spacial score (nSPS) is 11.0. The van der Waals surface area contributed by atoms with E-state index < -0.39 is 0 Å². The molecule has 6 rings (SSSR count). The summed E-state index contributed by atoms with van der Waals surface area (Å²) in [6, 6.07) is 41.3. The van der Waals surface area contributed by atoms with Crippen LogP contribution in [-0.4, -0.2) is 15.0 Å². The minimum atomic E-state index is 0.639. The summed E-state index contributed by atoms with van der Waals surface area (Å²) in [7, 11) is 0. The molecule has 5 aromatic carbocycles. The second-order valence-electron chi connectivity index (χ2n) is 8.29. The number of benzene rings is 5. The van der Waals surface area contributed by atoms with Gasteiger partial charge in [-0.05, 0) is 40.1 Å². The molecule has 166 valence electrons. The molecule has 1 heterocycles. The monoisotopic (exact) mass is 513 g/mol. The van der Waals surface area contributed by atoms with E-state index in [0.717, 1.165) is 26.7 Å². The zero-order valence-corrected chi connectivity index (χ0v) is 20.4. The highest BCUT2D eigenvalue weighted by atomic mass is 79.9. The fourth-order valence-electron chi connectivity index (χ4n) is 4.29. The van der Waals surface area contributed by atoms with Gasteiger partial charge in [0, 0.05) is 21.2 Å². The summed E-state index contributed by atoms with van der Waals surface area (Å²) >= 11 is 3.73. The van der Waals surface area contributed by atoms with E-state index in [9.17, 15) is 0 Å². The van der Waals surface area contributed by atoms with Gasteiger partial charge < -0.3 is 0 Å². The highest BCUT2D eigenvalue weighted by molar-refractivity contribution is 9.10. The van der Waals surface area contributed by atoms with Crippen LogP contribution in [0.15, 0.2) is 126 Å². The number of nitrogens with zero attached hydrogens (tertiary/aromatic N) is 3. The molecule has 0 N–H and O–H groups in total. The van der Waals surface area contributed by atoms with E-state index in [1.165, 1.54) is 16.3 Å². The van der Waals surface area contributed by atoms with Gasteiger partial charge in [0.25, 0.3) is 0 Å². The number of halogens is 1. The van der Waals surface area contributed by atoms with Crippen LogP contribution in [0.1, 0.15) is 0 Å². The summed E-state index contributed by atoms with van der Waals surface area (Å²) in [5, 5.41) is 2.43. The summed E-state index contributed by atoms with van der Waals surface area (Å²) in [5.74, 6) is 1.95. The molecule has 0 saturated carbocycles. The molecular formula is C31H20BrN3. The zero-order valence-electron chi connectivity index (χ0n) is 18.8. The second kappa shape index (κ2) is 9.24. The molecule has 0 atom stereocenters. The number of rotatable bonds is 4. The Morgan fingerprint density at radius 1 is 0.429 bits per heavy atom. The lowest BCUT2D eigenvalue weighted by molar-refractivity contribution is 1.07. The molecule has 0 aliphatic carbocycles. The third-order valence-corrected chi connectivity index (χ3v) is 6.41. The third kappa shape index (κ3) is 4.36. The van der Waals surface area contributed by atoms with E-state index in [2.05, 4.69) is 76.6 Å². The molecule has 0 bridgehead atoms. The maximum Gasteiger partial charge on any atom is 0.164 e. The largest absolute Gasteiger partial charge is 0.208 e. The first-order chi connectivity index (χ1) is 17.2. The first-order valence-corrected chi connectivity index (χ1v) is 12.2. The van der Waals surface area contributed by atoms with Gasteiger partial charge in [0.05, 0.1) is 0 Å². The number of fused-ring (bicyclic) bond motifs is 1. The SMILES string of the molecule is Brc1cc(-c2nc(-c3ccccc3)nc(-c3ccccc3)n2)cc(-c2cccc3ccccc23)c1. The van der Waals surface area contributed by atoms with Crippen LogP contribution in [0, 0.1) is 0 Å². The molecule has 0 amide bonds. The Morgan fingerprint density at radius 3 is 1.60 bits per heavy atom. The second-order valence-corrected chi connectivity index (χ2v) is 9.21. The number of aromatic nitrogens is 3. The fraction of sp³-hybridized carbons (Fsp3) is 0. The Balaban J connectivity index is 1.55. The lowest BCUT2D eigenvalue weighted by Gasteiger charge is -2.12. The first-order valence-electron chi connectivity index (χ1n) is 11.4. The van der Waals surface area contributed by atoms with Crippen LogP contribution in [-0.2, 0) is 0 Å². The molecule has 1 aromatic heterocycles. The van der Waals surface area contributed by atoms with Crippen molar-refractivity contribution in [2.75, 3.05) is 0 Å². The Kier molecular flexibility index (Phi) is 5.65. The molecule has 0 spiro atoms. The van der Waals surface area contributed by atoms with E-state index in [-0.39, 0.29) is 0 Å². The summed E-state index contributed by atoms with van der Waals surface area (Å²) in [5.41, 5.74) is 5.12. The quantitative estimate of drug-likeness (QED) is 0.237. The van der Waals surface area contributed by atoms with Gasteiger partial charge in [-0.3, -0.25) is 0 Å². The van der Waals surface area contributed by atoms with Crippen LogP contribution in [0.3, 0.4) is 0 Å². The number of hydrogen-bond acceptors (Lipinski definition) is 3. The van der Waals surface area contributed by atoms with Crippen LogP contribution in [0.2, 0.25) is 0 Å². The van der Waals surface area contributed by atoms with Crippen molar-refractivity contribution in [1.29, 1.82) is 0 Å². The topological polar surface area (TPSA) is 38.7 Å². The van der Waals surface area contributed by atoms with E-state index in [4.69, 9.17) is 15.0 Å². The van der Waals surface area contributed by atoms with Gasteiger partial charge in [0.2, 0.25) is 0 Å². The van der Waals surface area contributed by atoms with Gasteiger partial charge in [0.1, 0.15) is 0 Å². The minimum Gasteiger partial charge on any atom is -0.208 e. The molecule has 0 aliphatic heterocycles. The molecule has 6 aromatic rings. The van der Waals surface area contributed by atoms with Crippen molar-refractivity contribution in [3.05, 3.63) is 126 Å². The zero-order chi connectivity index (χ0) is 23.6. The molecule has 3 nitrogen and oxygen atoms in total. The van der Waals surface area contributed by atoms with Crippen molar-refractivity contribution in [2.24, 2.45) is 0 Å². The summed E-state index contributed by atoms with van der Waals surface area (Å²) in [4.78, 5) is 14.6. The predicted molar refractivity (Wildman–Crippen MR) is 147 cm³/mol. The van der Waals surface area contributed by atoms with Crippen molar-refractivity contribution >= 4 is 26.7 Å². The number of hydrogen-bond donors (Lipinski definition) is 0. The van der Waals surface area contributed by atoms with Gasteiger partial charge in [-0.25, -0.2) is 15.0 Å². The van der Waals surface area contributed by atoms with E-state index in [1.54, 1.807) is 0 Å². The molecule has 0 unspecified atom stereocenters. The average molecular weight is 514 g/mol. The van der Waals surface area contributed by atoms with Gasteiger partial charge in [-0.1, -0.05) is 119 Å². The summed E-state index contributed by atoms with van der Waals surface area (Å²) < 4.78 is 0.973. The third-order valence-electron chi connectivity index (χ3n) is 5.96. The van der Waals surface area contributed by atoms with Gasteiger partial charge in [0.15, 0.2) is 17.5 Å². The van der Waals surface area contributed by atoms with Gasteiger partial charge >= 0.3 is 0 Å². The van der Waals surface area contributed by atoms with E-state index in [1.807, 2.05) is 60.7 Å². The first kappa shape index (κ1) is 21.4. The summed E-state index contributed by atoms with van der Waals surface area (Å²) in [6.45, 7) is 0. The smallest absolute Gasteiger partial charge is 0.164 e. The van der Waals surface area contributed by atoms with Gasteiger partial charge in [-0.15, -0.1) is 0 Å². The van der Waals surface area contributed by atoms with E-state index >= 15 is 0 Å². The molecule has 0 aliphatic rings. The maximum atomic E-state index is 4.89. The highest BCUT2D eigenvalue weighted by Gasteiger charge is 2.14. The van der Waals surface area contributed by atoms with Crippen molar-refractivity contribution in [1.82, 2.24) is 15.0 Å². The maximum absolute atomic E-state index is 4.89. The Labute approximate surface area is 212 Å². The fourth-order valence-corrected chi connectivity index (χ4v) is 4.78. The van der Waals surface area contributed by atoms with Crippen molar-refractivity contribution in [2.45, 2.75) is 0 Å². The van der Waals surface area contributed by atoms with Crippen LogP contribution >= 0.6 is 15.9 Å². The Morgan fingerprint density at radius 2 is 0.943 bits per heavy atom. The van der Waals surface area contributed by atoms with Gasteiger partial charge in [-0.2, -0.15) is 0 Å². The Hall–Kier alpha value is -4.15. The molecule has 0 fully saturated rings. The lowest BCUT2D eigenvalue weighted by atomic mass is 9.97. The molecular weight excluding hydrogens is 494 g/mol. The van der Waals surface area contributed by atoms with E-state index in [0.29, 0.717) is 17.5 Å².